The molecule has 36 heavy (non-hydrogen) atoms. The van der Waals surface area contributed by atoms with Crippen LogP contribution in [0.3, 0.4) is 0 Å². The minimum absolute atomic E-state index is 0.149. The highest BCUT2D eigenvalue weighted by Gasteiger charge is 2.28. The predicted molar refractivity (Wildman–Crippen MR) is 137 cm³/mol. The number of benzene rings is 1. The number of nitrogens with one attached hydrogen (secondary N) is 1. The van der Waals surface area contributed by atoms with E-state index in [1.165, 1.54) is 0 Å². The topological polar surface area (TPSA) is 106 Å². The fourth-order valence-corrected chi connectivity index (χ4v) is 5.56. The third-order valence-corrected chi connectivity index (χ3v) is 8.68. The lowest BCUT2D eigenvalue weighted by molar-refractivity contribution is 0.0941. The van der Waals surface area contributed by atoms with Gasteiger partial charge in [0, 0.05) is 57.8 Å². The second-order valence-electron chi connectivity index (χ2n) is 9.33. The molecule has 1 saturated carbocycles. The molecule has 2 aliphatic rings. The number of aromatic nitrogens is 2. The number of ether oxygens (including phenoxy) is 2. The van der Waals surface area contributed by atoms with Crippen LogP contribution in [0.1, 0.15) is 53.8 Å². The third-order valence-electron chi connectivity index (χ3n) is 6.80. The quantitative estimate of drug-likeness (QED) is 0.428. The van der Waals surface area contributed by atoms with Crippen molar-refractivity contribution in [2.75, 3.05) is 52.2 Å². The fourth-order valence-electron chi connectivity index (χ4n) is 4.48. The Morgan fingerprint density at radius 2 is 1.94 bits per heavy atom. The highest BCUT2D eigenvalue weighted by atomic mass is 32.2. The average Bonchev–Trinajstić information content (AvgIpc) is 3.66. The zero-order valence-corrected chi connectivity index (χ0v) is 22.2. The van der Waals surface area contributed by atoms with Gasteiger partial charge in [-0.2, -0.15) is 9.40 Å². The van der Waals surface area contributed by atoms with Crippen LogP contribution < -0.4 is 14.8 Å². The first-order chi connectivity index (χ1) is 17.3. The summed E-state index contributed by atoms with van der Waals surface area (Å²) in [6, 6.07) is 7.55. The number of rotatable bonds is 12. The molecule has 1 aromatic heterocycles. The minimum Gasteiger partial charge on any atom is -0.493 e. The van der Waals surface area contributed by atoms with Gasteiger partial charge in [-0.25, -0.2) is 8.42 Å². The summed E-state index contributed by atoms with van der Waals surface area (Å²) in [7, 11) is 0.284. The molecule has 1 N–H and O–H groups in total. The molecule has 11 heteroatoms. The second kappa shape index (κ2) is 11.6. The number of aryl methyl sites for hydroxylation is 1. The maximum atomic E-state index is 12.7. The molecule has 0 radical (unpaired) electrons. The summed E-state index contributed by atoms with van der Waals surface area (Å²) in [5.74, 6) is 1.72. The molecule has 1 saturated heterocycles. The van der Waals surface area contributed by atoms with Gasteiger partial charge in [-0.3, -0.25) is 9.48 Å². The molecule has 1 amide bonds. The van der Waals surface area contributed by atoms with Crippen molar-refractivity contribution in [1.29, 1.82) is 0 Å². The van der Waals surface area contributed by atoms with Crippen molar-refractivity contribution in [2.24, 2.45) is 7.05 Å². The number of carbonyl (C=O) groups is 1. The normalized spacial score (nSPS) is 17.2. The van der Waals surface area contributed by atoms with Crippen LogP contribution in [0.15, 0.2) is 24.3 Å². The lowest BCUT2D eigenvalue weighted by atomic mass is 10.1. The zero-order valence-electron chi connectivity index (χ0n) is 21.4. The van der Waals surface area contributed by atoms with Crippen molar-refractivity contribution < 1.29 is 22.7 Å². The van der Waals surface area contributed by atoms with Crippen LogP contribution in [0.25, 0.3) is 0 Å². The molecule has 0 bridgehead atoms. The van der Waals surface area contributed by atoms with Gasteiger partial charge in [-0.1, -0.05) is 12.1 Å². The Bertz CT molecular complexity index is 1150. The van der Waals surface area contributed by atoms with Crippen LogP contribution in [-0.4, -0.2) is 85.5 Å². The molecule has 2 fully saturated rings. The summed E-state index contributed by atoms with van der Waals surface area (Å²) in [4.78, 5) is 15.0. The summed E-state index contributed by atoms with van der Waals surface area (Å²) < 4.78 is 38.9. The van der Waals surface area contributed by atoms with Gasteiger partial charge in [0.2, 0.25) is 10.0 Å². The van der Waals surface area contributed by atoms with Gasteiger partial charge in [0.1, 0.15) is 5.69 Å². The number of para-hydroxylation sites is 1. The van der Waals surface area contributed by atoms with Gasteiger partial charge in [0.25, 0.3) is 5.91 Å². The number of hydrogen-bond acceptors (Lipinski definition) is 7. The standard InChI is InChI=1S/C25H37N5O5S/c1-4-36(32,33)30-14-12-29(13-15-30)11-6-16-35-23-8-5-7-20(24(23)34-3)18-26-25(31)22-17-21(19-9-10-19)27-28(22)2/h5,7-8,17,19H,4,6,9-16,18H2,1-3H3,(H,26,31). The molecule has 1 aliphatic heterocycles. The Kier molecular flexibility index (Phi) is 8.53. The highest BCUT2D eigenvalue weighted by molar-refractivity contribution is 7.89. The number of amides is 1. The summed E-state index contributed by atoms with van der Waals surface area (Å²) in [6.45, 7) is 5.89. The molecule has 198 valence electrons. The smallest absolute Gasteiger partial charge is 0.269 e. The number of methoxy groups -OCH3 is 1. The number of hydrogen-bond donors (Lipinski definition) is 1. The molecule has 2 heterocycles. The van der Waals surface area contributed by atoms with E-state index >= 15 is 0 Å². The van der Waals surface area contributed by atoms with Crippen LogP contribution in [0.5, 0.6) is 11.5 Å². The number of sulfonamides is 1. The van der Waals surface area contributed by atoms with Gasteiger partial charge in [-0.05, 0) is 38.3 Å². The SMILES string of the molecule is CCS(=O)(=O)N1CCN(CCCOc2cccc(CNC(=O)c3cc(C4CC4)nn3C)c2OC)CC1. The maximum Gasteiger partial charge on any atom is 0.269 e. The molecule has 1 aromatic carbocycles. The van der Waals surface area contributed by atoms with Crippen molar-refractivity contribution in [3.63, 3.8) is 0 Å². The van der Waals surface area contributed by atoms with Crippen LogP contribution in [0.2, 0.25) is 0 Å². The Hall–Kier alpha value is -2.63. The van der Waals surface area contributed by atoms with Crippen LogP contribution in [0, 0.1) is 0 Å². The first-order valence-electron chi connectivity index (χ1n) is 12.6. The third kappa shape index (κ3) is 6.37. The zero-order chi connectivity index (χ0) is 25.7. The van der Waals surface area contributed by atoms with Crippen molar-refractivity contribution in [1.82, 2.24) is 24.3 Å². The Balaban J connectivity index is 1.25. The predicted octanol–water partition coefficient (Wildman–Crippen LogP) is 1.97. The molecule has 1 aliphatic carbocycles. The monoisotopic (exact) mass is 519 g/mol. The Morgan fingerprint density at radius 3 is 2.61 bits per heavy atom. The summed E-state index contributed by atoms with van der Waals surface area (Å²) in [6.07, 6.45) is 3.10. The first-order valence-corrected chi connectivity index (χ1v) is 14.2. The van der Waals surface area contributed by atoms with Crippen LogP contribution >= 0.6 is 0 Å². The van der Waals surface area contributed by atoms with E-state index in [1.807, 2.05) is 24.3 Å². The van der Waals surface area contributed by atoms with E-state index in [2.05, 4.69) is 15.3 Å². The second-order valence-corrected chi connectivity index (χ2v) is 11.6. The first kappa shape index (κ1) is 26.4. The maximum absolute atomic E-state index is 12.7. The lowest BCUT2D eigenvalue weighted by Gasteiger charge is -2.33. The molecule has 0 spiro atoms. The van der Waals surface area contributed by atoms with E-state index in [9.17, 15) is 13.2 Å². The van der Waals surface area contributed by atoms with E-state index in [-0.39, 0.29) is 11.7 Å². The Morgan fingerprint density at radius 1 is 1.19 bits per heavy atom. The highest BCUT2D eigenvalue weighted by Crippen LogP contribution is 2.39. The summed E-state index contributed by atoms with van der Waals surface area (Å²) in [5.41, 5.74) is 2.38. The van der Waals surface area contributed by atoms with Gasteiger partial charge < -0.3 is 19.7 Å². The van der Waals surface area contributed by atoms with E-state index in [4.69, 9.17) is 9.47 Å². The minimum atomic E-state index is -3.11. The molecule has 10 nitrogen and oxygen atoms in total. The van der Waals surface area contributed by atoms with Crippen molar-refractivity contribution in [3.05, 3.63) is 41.2 Å². The largest absolute Gasteiger partial charge is 0.493 e. The van der Waals surface area contributed by atoms with Gasteiger partial charge >= 0.3 is 0 Å². The number of piperazine rings is 1. The molecule has 2 aromatic rings. The van der Waals surface area contributed by atoms with Gasteiger partial charge in [-0.15, -0.1) is 0 Å². The van der Waals surface area contributed by atoms with Crippen molar-refractivity contribution in [3.8, 4) is 11.5 Å². The number of nitrogens with zero attached hydrogens (tertiary/aromatic N) is 4. The van der Waals surface area contributed by atoms with E-state index in [0.717, 1.165) is 50.2 Å². The molecular weight excluding hydrogens is 482 g/mol. The average molecular weight is 520 g/mol. The molecular formula is C25H37N5O5S. The van der Waals surface area contributed by atoms with E-state index < -0.39 is 10.0 Å². The summed E-state index contributed by atoms with van der Waals surface area (Å²) >= 11 is 0. The van der Waals surface area contributed by atoms with E-state index in [0.29, 0.717) is 49.4 Å². The molecule has 0 atom stereocenters. The van der Waals surface area contributed by atoms with Crippen LogP contribution in [0.4, 0.5) is 0 Å². The molecule has 4 rings (SSSR count). The fraction of sp³-hybridized carbons (Fsp3) is 0.600. The van der Waals surface area contributed by atoms with Crippen molar-refractivity contribution >= 4 is 15.9 Å². The molecule has 0 unspecified atom stereocenters. The van der Waals surface area contributed by atoms with Crippen LogP contribution in [-0.2, 0) is 23.6 Å². The Labute approximate surface area is 213 Å². The van der Waals surface area contributed by atoms with Gasteiger partial charge in [0.05, 0.1) is 25.2 Å². The van der Waals surface area contributed by atoms with Gasteiger partial charge in [0.15, 0.2) is 11.5 Å². The number of carbonyl (C=O) groups excluding carboxylic acids is 1. The van der Waals surface area contributed by atoms with Crippen molar-refractivity contribution in [2.45, 2.75) is 38.6 Å². The lowest BCUT2D eigenvalue weighted by Crippen LogP contribution is -2.49. The summed E-state index contributed by atoms with van der Waals surface area (Å²) in [5, 5.41) is 7.44. The van der Waals surface area contributed by atoms with E-state index in [1.54, 1.807) is 30.1 Å².